The number of urea groups is 1. The third-order valence-electron chi connectivity index (χ3n) is 2.37. The Morgan fingerprint density at radius 2 is 1.85 bits per heavy atom. The first kappa shape index (κ1) is 14.5. The minimum atomic E-state index is -3.68. The number of nitrogens with two attached hydrogens (primary N) is 1. The number of benzene rings is 1. The summed E-state index contributed by atoms with van der Waals surface area (Å²) in [6.45, 7) is 0.235. The van der Waals surface area contributed by atoms with Gasteiger partial charge in [0.2, 0.25) is 10.0 Å². The van der Waals surface area contributed by atoms with Gasteiger partial charge in [-0.2, -0.15) is 0 Å². The van der Waals surface area contributed by atoms with Crippen molar-refractivity contribution in [3.05, 3.63) is 47.3 Å². The van der Waals surface area contributed by atoms with Crippen molar-refractivity contribution in [2.24, 2.45) is 5.14 Å². The Morgan fingerprint density at radius 1 is 1.15 bits per heavy atom. The first-order valence-electron chi connectivity index (χ1n) is 5.66. The van der Waals surface area contributed by atoms with Crippen molar-refractivity contribution in [1.82, 2.24) is 5.32 Å². The van der Waals surface area contributed by atoms with Gasteiger partial charge in [0, 0.05) is 10.6 Å². The molecule has 4 N–H and O–H groups in total. The van der Waals surface area contributed by atoms with E-state index in [9.17, 15) is 13.2 Å². The van der Waals surface area contributed by atoms with Crippen LogP contribution in [0.1, 0.15) is 4.88 Å². The van der Waals surface area contributed by atoms with Gasteiger partial charge in [-0.15, -0.1) is 11.3 Å². The van der Waals surface area contributed by atoms with Crippen molar-refractivity contribution in [2.45, 2.75) is 10.8 Å². The summed E-state index contributed by atoms with van der Waals surface area (Å²) < 4.78 is 22.3. The monoisotopic (exact) mass is 311 g/mol. The molecule has 0 radical (unpaired) electrons. The molecule has 6 nitrogen and oxygen atoms in total. The summed E-state index contributed by atoms with van der Waals surface area (Å²) >= 11 is 1.03. The Morgan fingerprint density at radius 3 is 2.45 bits per heavy atom. The Labute approximate surface area is 120 Å². The summed E-state index contributed by atoms with van der Waals surface area (Å²) in [6, 6.07) is 11.7. The van der Waals surface area contributed by atoms with Gasteiger partial charge >= 0.3 is 6.03 Å². The normalized spacial score (nSPS) is 11.1. The van der Waals surface area contributed by atoms with E-state index in [1.807, 2.05) is 18.2 Å². The van der Waals surface area contributed by atoms with Crippen molar-refractivity contribution in [3.8, 4) is 0 Å². The summed E-state index contributed by atoms with van der Waals surface area (Å²) in [5.41, 5.74) is 0.682. The zero-order valence-electron chi connectivity index (χ0n) is 10.4. The lowest BCUT2D eigenvalue weighted by molar-refractivity contribution is 0.252. The van der Waals surface area contributed by atoms with Gasteiger partial charge in [0.25, 0.3) is 0 Å². The predicted molar refractivity (Wildman–Crippen MR) is 78.0 cm³/mol. The number of rotatable bonds is 4. The van der Waals surface area contributed by atoms with Crippen molar-refractivity contribution >= 4 is 33.1 Å². The lowest BCUT2D eigenvalue weighted by atomic mass is 10.3. The topological polar surface area (TPSA) is 101 Å². The van der Waals surface area contributed by atoms with Crippen LogP contribution in [0, 0.1) is 0 Å². The van der Waals surface area contributed by atoms with E-state index in [4.69, 9.17) is 5.14 Å². The van der Waals surface area contributed by atoms with Gasteiger partial charge in [-0.25, -0.2) is 18.4 Å². The number of nitrogens with one attached hydrogen (secondary N) is 2. The zero-order chi connectivity index (χ0) is 14.6. The minimum Gasteiger partial charge on any atom is -0.333 e. The molecule has 2 rings (SSSR count). The predicted octanol–water partition coefficient (Wildman–Crippen LogP) is 1.72. The molecule has 20 heavy (non-hydrogen) atoms. The van der Waals surface area contributed by atoms with Crippen LogP contribution in [-0.4, -0.2) is 14.4 Å². The van der Waals surface area contributed by atoms with Crippen LogP contribution in [0.4, 0.5) is 10.5 Å². The summed E-state index contributed by atoms with van der Waals surface area (Å²) in [6.07, 6.45) is 0. The molecular weight excluding hydrogens is 298 g/mol. The molecule has 0 unspecified atom stereocenters. The van der Waals surface area contributed by atoms with Crippen LogP contribution in [0.15, 0.2) is 46.7 Å². The number of hydrogen-bond donors (Lipinski definition) is 3. The smallest absolute Gasteiger partial charge is 0.319 e. The molecule has 0 atom stereocenters. The SMILES string of the molecule is NS(=O)(=O)c1ccc(CNC(=O)Nc2ccccc2)s1. The van der Waals surface area contributed by atoms with Gasteiger partial charge in [0.15, 0.2) is 0 Å². The van der Waals surface area contributed by atoms with Crippen LogP contribution >= 0.6 is 11.3 Å². The number of primary sulfonamides is 1. The van der Waals surface area contributed by atoms with Gasteiger partial charge in [-0.1, -0.05) is 18.2 Å². The van der Waals surface area contributed by atoms with E-state index in [2.05, 4.69) is 10.6 Å². The standard InChI is InChI=1S/C12H13N3O3S2/c13-20(17,18)11-7-6-10(19-11)8-14-12(16)15-9-4-2-1-3-5-9/h1-7H,8H2,(H2,13,17,18)(H2,14,15,16). The molecule has 0 aliphatic rings. The number of sulfonamides is 1. The van der Waals surface area contributed by atoms with Gasteiger partial charge < -0.3 is 10.6 Å². The number of carbonyl (C=O) groups excluding carboxylic acids is 1. The highest BCUT2D eigenvalue weighted by molar-refractivity contribution is 7.91. The fraction of sp³-hybridized carbons (Fsp3) is 0.0833. The summed E-state index contributed by atoms with van der Waals surface area (Å²) in [4.78, 5) is 12.3. The van der Waals surface area contributed by atoms with Crippen LogP contribution in [0.3, 0.4) is 0 Å². The lowest BCUT2D eigenvalue weighted by Gasteiger charge is -2.06. The number of thiophene rings is 1. The fourth-order valence-electron chi connectivity index (χ4n) is 1.47. The van der Waals surface area contributed by atoms with Crippen LogP contribution in [0.25, 0.3) is 0 Å². The maximum Gasteiger partial charge on any atom is 0.319 e. The molecule has 0 fully saturated rings. The molecule has 0 saturated carbocycles. The Kier molecular flexibility index (Phi) is 4.38. The van der Waals surface area contributed by atoms with Crippen LogP contribution < -0.4 is 15.8 Å². The third-order valence-corrected chi connectivity index (χ3v) is 4.90. The number of hydrogen-bond acceptors (Lipinski definition) is 4. The Balaban J connectivity index is 1.89. The zero-order valence-corrected chi connectivity index (χ0v) is 12.0. The maximum atomic E-state index is 11.6. The van der Waals surface area contributed by atoms with Gasteiger partial charge in [0.05, 0.1) is 6.54 Å². The van der Waals surface area contributed by atoms with Crippen molar-refractivity contribution in [2.75, 3.05) is 5.32 Å². The van der Waals surface area contributed by atoms with Crippen molar-refractivity contribution in [3.63, 3.8) is 0 Å². The molecule has 0 saturated heterocycles. The van der Waals surface area contributed by atoms with E-state index < -0.39 is 10.0 Å². The van der Waals surface area contributed by atoms with Crippen molar-refractivity contribution < 1.29 is 13.2 Å². The van der Waals surface area contributed by atoms with Gasteiger partial charge in [-0.05, 0) is 24.3 Å². The molecule has 8 heteroatoms. The molecule has 0 bridgehead atoms. The minimum absolute atomic E-state index is 0.0813. The highest BCUT2D eigenvalue weighted by Gasteiger charge is 2.11. The van der Waals surface area contributed by atoms with Crippen molar-refractivity contribution in [1.29, 1.82) is 0 Å². The van der Waals surface area contributed by atoms with Gasteiger partial charge in [0.1, 0.15) is 4.21 Å². The van der Waals surface area contributed by atoms with E-state index in [1.54, 1.807) is 18.2 Å². The van der Waals surface area contributed by atoms with Gasteiger partial charge in [-0.3, -0.25) is 0 Å². The van der Waals surface area contributed by atoms with Crippen LogP contribution in [0.2, 0.25) is 0 Å². The summed E-state index contributed by atoms with van der Waals surface area (Å²) in [5.74, 6) is 0. The van der Waals surface area contributed by atoms with E-state index in [-0.39, 0.29) is 16.8 Å². The Bertz CT molecular complexity index is 696. The summed E-state index contributed by atoms with van der Waals surface area (Å²) in [7, 11) is -3.68. The number of para-hydroxylation sites is 1. The molecule has 0 spiro atoms. The molecule has 2 amide bonds. The second kappa shape index (κ2) is 6.04. The summed E-state index contributed by atoms with van der Waals surface area (Å²) in [5, 5.41) is 10.3. The van der Waals surface area contributed by atoms with E-state index in [0.717, 1.165) is 11.3 Å². The lowest BCUT2D eigenvalue weighted by Crippen LogP contribution is -2.27. The molecular formula is C12H13N3O3S2. The molecule has 1 aromatic carbocycles. The average molecular weight is 311 g/mol. The first-order chi connectivity index (χ1) is 9.45. The molecule has 106 valence electrons. The van der Waals surface area contributed by atoms with E-state index in [0.29, 0.717) is 10.6 Å². The fourth-order valence-corrected chi connectivity index (χ4v) is 3.19. The van der Waals surface area contributed by atoms with E-state index >= 15 is 0 Å². The maximum absolute atomic E-state index is 11.6. The first-order valence-corrected chi connectivity index (χ1v) is 8.03. The molecule has 1 aromatic heterocycles. The Hall–Kier alpha value is -1.90. The number of carbonyl (C=O) groups is 1. The molecule has 2 aromatic rings. The largest absolute Gasteiger partial charge is 0.333 e. The highest BCUT2D eigenvalue weighted by Crippen LogP contribution is 2.19. The van der Waals surface area contributed by atoms with Crippen LogP contribution in [0.5, 0.6) is 0 Å². The average Bonchev–Trinajstić information content (AvgIpc) is 2.86. The quantitative estimate of drug-likeness (QED) is 0.801. The second-order valence-electron chi connectivity index (χ2n) is 3.94. The second-order valence-corrected chi connectivity index (χ2v) is 6.90. The number of amides is 2. The highest BCUT2D eigenvalue weighted by atomic mass is 32.2. The molecule has 0 aliphatic carbocycles. The molecule has 1 heterocycles. The number of anilines is 1. The third kappa shape index (κ3) is 4.05. The van der Waals surface area contributed by atoms with Crippen LogP contribution in [-0.2, 0) is 16.6 Å². The molecule has 0 aliphatic heterocycles. The van der Waals surface area contributed by atoms with E-state index in [1.165, 1.54) is 6.07 Å².